The third-order valence-corrected chi connectivity index (χ3v) is 5.21. The van der Waals surface area contributed by atoms with Gasteiger partial charge in [-0.15, -0.1) is 0 Å². The molecule has 29 heavy (non-hydrogen) atoms. The van der Waals surface area contributed by atoms with Gasteiger partial charge in [-0.2, -0.15) is 5.26 Å². The van der Waals surface area contributed by atoms with Crippen LogP contribution in [0.1, 0.15) is 70.6 Å². The van der Waals surface area contributed by atoms with Crippen LogP contribution >= 0.6 is 0 Å². The van der Waals surface area contributed by atoms with Gasteiger partial charge in [0.25, 0.3) is 5.91 Å². The van der Waals surface area contributed by atoms with Gasteiger partial charge in [-0.3, -0.25) is 4.79 Å². The van der Waals surface area contributed by atoms with Crippen LogP contribution in [-0.2, 0) is 4.79 Å². The van der Waals surface area contributed by atoms with Crippen molar-refractivity contribution in [3.05, 3.63) is 41.4 Å². The fourth-order valence-electron chi connectivity index (χ4n) is 3.51. The van der Waals surface area contributed by atoms with E-state index in [0.29, 0.717) is 0 Å². The van der Waals surface area contributed by atoms with Crippen LogP contribution in [-0.4, -0.2) is 11.9 Å². The summed E-state index contributed by atoms with van der Waals surface area (Å²) in [7, 11) is 0. The maximum Gasteiger partial charge on any atom is 0.263 e. The summed E-state index contributed by atoms with van der Waals surface area (Å²) < 4.78 is 40.0. The molecule has 0 saturated heterocycles. The molecule has 1 saturated carbocycles. The Morgan fingerprint density at radius 1 is 0.931 bits per heavy atom. The van der Waals surface area contributed by atoms with Gasteiger partial charge in [-0.1, -0.05) is 57.8 Å². The summed E-state index contributed by atoms with van der Waals surface area (Å²) in [4.78, 5) is 12.5. The number of nitrogens with zero attached hydrogens (tertiary/aromatic N) is 1. The van der Waals surface area contributed by atoms with Crippen molar-refractivity contribution in [1.82, 2.24) is 5.32 Å². The van der Waals surface area contributed by atoms with Crippen molar-refractivity contribution < 1.29 is 18.0 Å². The first-order valence-corrected chi connectivity index (χ1v) is 10.3. The van der Waals surface area contributed by atoms with E-state index in [1.165, 1.54) is 32.1 Å². The van der Waals surface area contributed by atoms with Gasteiger partial charge in [0.2, 0.25) is 0 Å². The van der Waals surface area contributed by atoms with Crippen LogP contribution in [0.15, 0.2) is 23.9 Å². The SMILES string of the molecule is N#C/C(=C/Nc1ccc(F)c(F)c1F)C(=O)NC1CCCCCCCCCCC1. The van der Waals surface area contributed by atoms with Gasteiger partial charge >= 0.3 is 0 Å². The summed E-state index contributed by atoms with van der Waals surface area (Å²) in [5.41, 5.74) is -0.601. The Labute approximate surface area is 170 Å². The van der Waals surface area contributed by atoms with Crippen LogP contribution in [0.3, 0.4) is 0 Å². The molecule has 0 atom stereocenters. The molecule has 0 aliphatic heterocycles. The van der Waals surface area contributed by atoms with E-state index in [0.717, 1.165) is 56.9 Å². The highest BCUT2D eigenvalue weighted by atomic mass is 19.2. The monoisotopic (exact) mass is 407 g/mol. The Kier molecular flexibility index (Phi) is 9.55. The lowest BCUT2D eigenvalue weighted by Gasteiger charge is -2.19. The van der Waals surface area contributed by atoms with Crippen molar-refractivity contribution in [2.75, 3.05) is 5.32 Å². The van der Waals surface area contributed by atoms with Gasteiger partial charge < -0.3 is 10.6 Å². The third-order valence-electron chi connectivity index (χ3n) is 5.21. The predicted molar refractivity (Wildman–Crippen MR) is 106 cm³/mol. The van der Waals surface area contributed by atoms with Crippen molar-refractivity contribution >= 4 is 11.6 Å². The summed E-state index contributed by atoms with van der Waals surface area (Å²) in [6.07, 6.45) is 13.2. The van der Waals surface area contributed by atoms with Crippen molar-refractivity contribution in [3.63, 3.8) is 0 Å². The first kappa shape index (κ1) is 22.8. The normalized spacial score (nSPS) is 17.5. The standard InChI is InChI=1S/C22H28F3N3O/c23-18-12-13-19(21(25)20(18)24)27-15-16(14-26)22(29)28-17-10-8-6-4-2-1-3-5-7-9-11-17/h12-13,15,17,27H,1-11H2,(H,28,29)/b16-15-. The fraction of sp³-hybridized carbons (Fsp3) is 0.545. The van der Waals surface area contributed by atoms with Crippen molar-refractivity contribution in [1.29, 1.82) is 5.26 Å². The number of amides is 1. The van der Waals surface area contributed by atoms with E-state index in [9.17, 15) is 23.2 Å². The molecular weight excluding hydrogens is 379 g/mol. The molecule has 1 fully saturated rings. The average molecular weight is 407 g/mol. The molecule has 7 heteroatoms. The van der Waals surface area contributed by atoms with Crippen LogP contribution in [0.5, 0.6) is 0 Å². The van der Waals surface area contributed by atoms with Gasteiger partial charge in [0, 0.05) is 12.2 Å². The molecule has 0 heterocycles. The number of hydrogen-bond acceptors (Lipinski definition) is 3. The lowest BCUT2D eigenvalue weighted by molar-refractivity contribution is -0.117. The molecule has 0 unspecified atom stereocenters. The Morgan fingerprint density at radius 2 is 1.48 bits per heavy atom. The molecule has 1 aromatic rings. The van der Waals surface area contributed by atoms with Crippen LogP contribution in [0.4, 0.5) is 18.9 Å². The molecule has 0 bridgehead atoms. The molecule has 1 aliphatic carbocycles. The smallest absolute Gasteiger partial charge is 0.263 e. The topological polar surface area (TPSA) is 64.9 Å². The van der Waals surface area contributed by atoms with E-state index < -0.39 is 23.4 Å². The molecule has 1 aromatic carbocycles. The van der Waals surface area contributed by atoms with Crippen LogP contribution in [0, 0.1) is 28.8 Å². The summed E-state index contributed by atoms with van der Waals surface area (Å²) in [5, 5.41) is 14.6. The minimum atomic E-state index is -1.61. The van der Waals surface area contributed by atoms with Gasteiger partial charge in [-0.25, -0.2) is 13.2 Å². The Bertz CT molecular complexity index is 746. The number of nitrogens with one attached hydrogen (secondary N) is 2. The van der Waals surface area contributed by atoms with Gasteiger partial charge in [-0.05, 0) is 25.0 Å². The largest absolute Gasteiger partial charge is 0.358 e. The summed E-state index contributed by atoms with van der Waals surface area (Å²) in [5.74, 6) is -4.88. The minimum Gasteiger partial charge on any atom is -0.358 e. The van der Waals surface area contributed by atoms with Gasteiger partial charge in [0.05, 0.1) is 5.69 Å². The Morgan fingerprint density at radius 3 is 2.03 bits per heavy atom. The highest BCUT2D eigenvalue weighted by Gasteiger charge is 2.17. The van der Waals surface area contributed by atoms with E-state index in [2.05, 4.69) is 10.6 Å². The molecule has 0 spiro atoms. The lowest BCUT2D eigenvalue weighted by atomic mass is 9.98. The highest BCUT2D eigenvalue weighted by Crippen LogP contribution is 2.20. The van der Waals surface area contributed by atoms with E-state index in [4.69, 9.17) is 0 Å². The fourth-order valence-corrected chi connectivity index (χ4v) is 3.51. The first-order valence-electron chi connectivity index (χ1n) is 10.3. The van der Waals surface area contributed by atoms with Crippen LogP contribution in [0.2, 0.25) is 0 Å². The summed E-state index contributed by atoms with van der Waals surface area (Å²) in [6, 6.07) is 3.53. The highest BCUT2D eigenvalue weighted by molar-refractivity contribution is 5.97. The number of hydrogen-bond donors (Lipinski definition) is 2. The van der Waals surface area contributed by atoms with Gasteiger partial charge in [0.15, 0.2) is 17.5 Å². The van der Waals surface area contributed by atoms with Crippen molar-refractivity contribution in [3.8, 4) is 6.07 Å². The second-order valence-corrected chi connectivity index (χ2v) is 7.47. The second kappa shape index (κ2) is 12.2. The van der Waals surface area contributed by atoms with E-state index >= 15 is 0 Å². The Hall–Kier alpha value is -2.49. The molecule has 1 aliphatic rings. The van der Waals surface area contributed by atoms with Gasteiger partial charge in [0.1, 0.15) is 11.6 Å². The number of anilines is 1. The zero-order valence-corrected chi connectivity index (χ0v) is 16.6. The number of nitriles is 1. The summed E-state index contributed by atoms with van der Waals surface area (Å²) >= 11 is 0. The molecule has 2 rings (SSSR count). The van der Waals surface area contributed by atoms with Crippen molar-refractivity contribution in [2.24, 2.45) is 0 Å². The molecular formula is C22H28F3N3O. The minimum absolute atomic E-state index is 0.0151. The van der Waals surface area contributed by atoms with Crippen LogP contribution < -0.4 is 10.6 Å². The van der Waals surface area contributed by atoms with E-state index in [1.54, 1.807) is 6.07 Å². The molecule has 0 aromatic heterocycles. The maximum absolute atomic E-state index is 13.7. The van der Waals surface area contributed by atoms with Crippen molar-refractivity contribution in [2.45, 2.75) is 76.7 Å². The zero-order valence-electron chi connectivity index (χ0n) is 16.6. The Balaban J connectivity index is 1.98. The maximum atomic E-state index is 13.7. The molecule has 0 radical (unpaired) electrons. The van der Waals surface area contributed by atoms with Crippen LogP contribution in [0.25, 0.3) is 0 Å². The quantitative estimate of drug-likeness (QED) is 0.382. The third kappa shape index (κ3) is 7.45. The molecule has 4 nitrogen and oxygen atoms in total. The van der Waals surface area contributed by atoms with E-state index in [1.807, 2.05) is 0 Å². The average Bonchev–Trinajstić information content (AvgIpc) is 2.70. The first-order chi connectivity index (χ1) is 14.0. The second-order valence-electron chi connectivity index (χ2n) is 7.47. The number of carbonyl (C=O) groups excluding carboxylic acids is 1. The predicted octanol–water partition coefficient (Wildman–Crippen LogP) is 5.71. The number of carbonyl (C=O) groups is 1. The molecule has 2 N–H and O–H groups in total. The zero-order chi connectivity index (χ0) is 21.1. The van der Waals surface area contributed by atoms with E-state index in [-0.39, 0.29) is 17.3 Å². The number of halogens is 3. The molecule has 1 amide bonds. The lowest BCUT2D eigenvalue weighted by Crippen LogP contribution is -2.35. The number of rotatable bonds is 4. The molecule has 158 valence electrons. The summed E-state index contributed by atoms with van der Waals surface area (Å²) in [6.45, 7) is 0. The number of benzene rings is 1.